The second-order valence-corrected chi connectivity index (χ2v) is 5.93. The molecule has 0 fully saturated rings. The van der Waals surface area contributed by atoms with Gasteiger partial charge in [-0.1, -0.05) is 25.4 Å². The molecule has 0 aliphatic rings. The van der Waals surface area contributed by atoms with Crippen molar-refractivity contribution in [2.45, 2.75) is 33.6 Å². The van der Waals surface area contributed by atoms with Crippen LogP contribution >= 0.6 is 11.6 Å². The molecule has 1 amide bonds. The lowest BCUT2D eigenvalue weighted by atomic mass is 10.1. The lowest BCUT2D eigenvalue weighted by Crippen LogP contribution is -2.17. The topological polar surface area (TPSA) is 66.9 Å². The average Bonchev–Trinajstić information content (AvgIpc) is 2.51. The first-order chi connectivity index (χ1) is 10.9. The Morgan fingerprint density at radius 2 is 2.13 bits per heavy atom. The molecule has 2 heterocycles. The number of aromatic nitrogens is 2. The van der Waals surface area contributed by atoms with Crippen LogP contribution in [0.15, 0.2) is 24.4 Å². The van der Waals surface area contributed by atoms with Crippen molar-refractivity contribution in [2.75, 3.05) is 17.2 Å². The van der Waals surface area contributed by atoms with Gasteiger partial charge in [-0.2, -0.15) is 0 Å². The van der Waals surface area contributed by atoms with Crippen molar-refractivity contribution in [1.82, 2.24) is 9.97 Å². The third-order valence-electron chi connectivity index (χ3n) is 3.42. The van der Waals surface area contributed by atoms with Gasteiger partial charge in [0.25, 0.3) is 5.91 Å². The Bertz CT molecular complexity index is 692. The Morgan fingerprint density at radius 3 is 2.74 bits per heavy atom. The monoisotopic (exact) mass is 332 g/mol. The van der Waals surface area contributed by atoms with E-state index >= 15 is 0 Å². The molecule has 2 aromatic rings. The minimum atomic E-state index is -0.266. The molecule has 5 nitrogen and oxygen atoms in total. The molecule has 2 aromatic heterocycles. The fraction of sp³-hybridized carbons (Fsp3) is 0.353. The second-order valence-electron chi connectivity index (χ2n) is 5.57. The summed E-state index contributed by atoms with van der Waals surface area (Å²) >= 11 is 6.25. The number of hydrogen-bond donors (Lipinski definition) is 2. The summed E-state index contributed by atoms with van der Waals surface area (Å²) in [7, 11) is 0. The van der Waals surface area contributed by atoms with Crippen molar-refractivity contribution in [3.05, 3.63) is 46.4 Å². The summed E-state index contributed by atoms with van der Waals surface area (Å²) in [5.41, 5.74) is 2.79. The molecular formula is C17H21ClN4O. The van der Waals surface area contributed by atoms with Gasteiger partial charge in [0.05, 0.1) is 11.3 Å². The van der Waals surface area contributed by atoms with Crippen LogP contribution in [-0.4, -0.2) is 22.4 Å². The van der Waals surface area contributed by atoms with E-state index in [2.05, 4.69) is 34.4 Å². The summed E-state index contributed by atoms with van der Waals surface area (Å²) in [6.07, 6.45) is 1.64. The minimum Gasteiger partial charge on any atom is -0.370 e. The highest BCUT2D eigenvalue weighted by Crippen LogP contribution is 2.28. The molecule has 0 atom stereocenters. The number of amides is 1. The molecule has 0 saturated heterocycles. The maximum absolute atomic E-state index is 12.6. The number of nitrogens with one attached hydrogen (secondary N) is 2. The zero-order valence-corrected chi connectivity index (χ0v) is 14.5. The predicted octanol–water partition coefficient (Wildman–Crippen LogP) is 4.25. The quantitative estimate of drug-likeness (QED) is 0.803. The van der Waals surface area contributed by atoms with Crippen LogP contribution in [0.2, 0.25) is 5.15 Å². The fourth-order valence-electron chi connectivity index (χ4n) is 2.18. The van der Waals surface area contributed by atoms with Gasteiger partial charge in [0, 0.05) is 18.4 Å². The molecule has 2 rings (SSSR count). The molecule has 0 unspecified atom stereocenters. The van der Waals surface area contributed by atoms with E-state index in [9.17, 15) is 4.79 Å². The van der Waals surface area contributed by atoms with Crippen LogP contribution in [0.4, 0.5) is 11.5 Å². The van der Waals surface area contributed by atoms with Gasteiger partial charge in [-0.25, -0.2) is 9.97 Å². The number of anilines is 2. The van der Waals surface area contributed by atoms with Gasteiger partial charge < -0.3 is 10.6 Å². The molecule has 6 heteroatoms. The van der Waals surface area contributed by atoms with Gasteiger partial charge in [0.1, 0.15) is 5.82 Å². The van der Waals surface area contributed by atoms with E-state index in [1.54, 1.807) is 18.3 Å². The third-order valence-corrected chi connectivity index (χ3v) is 3.69. The summed E-state index contributed by atoms with van der Waals surface area (Å²) in [6, 6.07) is 5.39. The highest BCUT2D eigenvalue weighted by atomic mass is 35.5. The van der Waals surface area contributed by atoms with E-state index in [1.165, 1.54) is 0 Å². The fourth-order valence-corrected chi connectivity index (χ4v) is 2.48. The lowest BCUT2D eigenvalue weighted by molar-refractivity contribution is 0.102. The van der Waals surface area contributed by atoms with Crippen molar-refractivity contribution in [2.24, 2.45) is 0 Å². The van der Waals surface area contributed by atoms with E-state index in [0.717, 1.165) is 11.3 Å². The van der Waals surface area contributed by atoms with E-state index in [0.29, 0.717) is 28.8 Å². The van der Waals surface area contributed by atoms with Crippen LogP contribution in [0.25, 0.3) is 0 Å². The van der Waals surface area contributed by atoms with Gasteiger partial charge in [-0.3, -0.25) is 4.79 Å². The Labute approximate surface area is 141 Å². The van der Waals surface area contributed by atoms with Crippen molar-refractivity contribution in [1.29, 1.82) is 0 Å². The largest absolute Gasteiger partial charge is 0.370 e. The second kappa shape index (κ2) is 7.42. The first kappa shape index (κ1) is 17.2. The summed E-state index contributed by atoms with van der Waals surface area (Å²) in [4.78, 5) is 21.1. The molecule has 122 valence electrons. The van der Waals surface area contributed by atoms with E-state index in [-0.39, 0.29) is 11.8 Å². The average molecular weight is 333 g/mol. The number of rotatable bonds is 5. The van der Waals surface area contributed by atoms with E-state index in [4.69, 9.17) is 11.6 Å². The number of halogens is 1. The van der Waals surface area contributed by atoms with Crippen LogP contribution in [0.1, 0.15) is 48.3 Å². The number of nitrogens with zero attached hydrogens (tertiary/aromatic N) is 2. The van der Waals surface area contributed by atoms with Crippen molar-refractivity contribution in [3.8, 4) is 0 Å². The summed E-state index contributed by atoms with van der Waals surface area (Å²) in [5, 5.41) is 6.22. The predicted molar refractivity (Wildman–Crippen MR) is 94.4 cm³/mol. The summed E-state index contributed by atoms with van der Waals surface area (Å²) in [5.74, 6) is 0.556. The van der Waals surface area contributed by atoms with Gasteiger partial charge in [-0.15, -0.1) is 0 Å². The molecule has 0 aromatic carbocycles. The number of carbonyl (C=O) groups is 1. The molecule has 2 N–H and O–H groups in total. The Kier molecular flexibility index (Phi) is 5.55. The van der Waals surface area contributed by atoms with Crippen LogP contribution in [0, 0.1) is 6.92 Å². The summed E-state index contributed by atoms with van der Waals surface area (Å²) in [6.45, 7) is 8.64. The van der Waals surface area contributed by atoms with Crippen LogP contribution < -0.4 is 10.6 Å². The Morgan fingerprint density at radius 1 is 1.39 bits per heavy atom. The minimum absolute atomic E-state index is 0.266. The van der Waals surface area contributed by atoms with E-state index in [1.807, 2.05) is 19.9 Å². The first-order valence-corrected chi connectivity index (χ1v) is 7.99. The van der Waals surface area contributed by atoms with Crippen molar-refractivity contribution < 1.29 is 4.79 Å². The van der Waals surface area contributed by atoms with Gasteiger partial charge in [-0.05, 0) is 43.5 Å². The van der Waals surface area contributed by atoms with E-state index < -0.39 is 0 Å². The van der Waals surface area contributed by atoms with Crippen LogP contribution in [-0.2, 0) is 0 Å². The molecule has 0 aliphatic carbocycles. The Balaban J connectivity index is 2.31. The molecule has 0 aliphatic heterocycles. The number of hydrogen-bond acceptors (Lipinski definition) is 4. The lowest BCUT2D eigenvalue weighted by Gasteiger charge is -2.14. The summed E-state index contributed by atoms with van der Waals surface area (Å²) < 4.78 is 0. The molecule has 0 bridgehead atoms. The zero-order valence-electron chi connectivity index (χ0n) is 13.8. The molecule has 23 heavy (non-hydrogen) atoms. The number of aryl methyl sites for hydroxylation is 1. The third kappa shape index (κ3) is 3.99. The first-order valence-electron chi connectivity index (χ1n) is 7.61. The molecule has 0 saturated carbocycles. The maximum atomic E-state index is 12.6. The smallest absolute Gasteiger partial charge is 0.259 e. The van der Waals surface area contributed by atoms with Gasteiger partial charge >= 0.3 is 0 Å². The molecule has 0 spiro atoms. The van der Waals surface area contributed by atoms with Gasteiger partial charge in [0.15, 0.2) is 5.15 Å². The normalized spacial score (nSPS) is 10.7. The van der Waals surface area contributed by atoms with Crippen molar-refractivity contribution in [3.63, 3.8) is 0 Å². The molecule has 0 radical (unpaired) electrons. The number of pyridine rings is 2. The SMILES string of the molecule is CCNc1ncccc1C(=O)Nc1c(C)cc(C(C)C)nc1Cl. The van der Waals surface area contributed by atoms with Crippen molar-refractivity contribution >= 4 is 29.0 Å². The zero-order chi connectivity index (χ0) is 17.0. The van der Waals surface area contributed by atoms with Crippen LogP contribution in [0.5, 0.6) is 0 Å². The molecular weight excluding hydrogens is 312 g/mol. The van der Waals surface area contributed by atoms with Gasteiger partial charge in [0.2, 0.25) is 0 Å². The Hall–Kier alpha value is -2.14. The highest BCUT2D eigenvalue weighted by Gasteiger charge is 2.16. The number of carbonyl (C=O) groups excluding carboxylic acids is 1. The van der Waals surface area contributed by atoms with Crippen LogP contribution in [0.3, 0.4) is 0 Å². The standard InChI is InChI=1S/C17H21ClN4O/c1-5-19-16-12(7-6-8-20-16)17(23)22-14-11(4)9-13(10(2)3)21-15(14)18/h6-10H,5H2,1-4H3,(H,19,20)(H,22,23). The maximum Gasteiger partial charge on any atom is 0.259 e. The highest BCUT2D eigenvalue weighted by molar-refractivity contribution is 6.33.